The molecule has 1 saturated heterocycles. The standard InChI is InChI=1S/C29H20ClNO2/c30-23-16-18-24(19-17-23)31-26(32)25-28(20-10-4-1-5-11-20,21-12-6-2-7-13-21)29(25,27(31)33)22-14-8-3-9-15-22/h1-19,25H/t25-,29+/m1/s1. The van der Waals surface area contributed by atoms with Crippen LogP contribution in [0, 0.1) is 5.92 Å². The fourth-order valence-electron chi connectivity index (χ4n) is 5.95. The predicted octanol–water partition coefficient (Wildman–Crippen LogP) is 5.77. The molecule has 0 bridgehead atoms. The summed E-state index contributed by atoms with van der Waals surface area (Å²) in [5.41, 5.74) is 1.57. The first-order valence-electron chi connectivity index (χ1n) is 10.9. The van der Waals surface area contributed by atoms with E-state index in [1.165, 1.54) is 4.90 Å². The Morgan fingerprint density at radius 2 is 1.00 bits per heavy atom. The first kappa shape index (κ1) is 20.0. The molecular formula is C29H20ClNO2. The van der Waals surface area contributed by atoms with Crippen LogP contribution in [-0.4, -0.2) is 11.8 Å². The minimum atomic E-state index is -1.02. The second-order valence-electron chi connectivity index (χ2n) is 8.60. The number of fused-ring (bicyclic) bond motifs is 1. The molecule has 0 N–H and O–H groups in total. The largest absolute Gasteiger partial charge is 0.274 e. The summed E-state index contributed by atoms with van der Waals surface area (Å²) >= 11 is 6.07. The average molecular weight is 450 g/mol. The molecule has 2 aliphatic rings. The first-order chi connectivity index (χ1) is 16.1. The molecule has 1 heterocycles. The van der Waals surface area contributed by atoms with Crippen molar-refractivity contribution in [3.8, 4) is 0 Å². The van der Waals surface area contributed by atoms with Crippen molar-refractivity contribution in [2.45, 2.75) is 10.8 Å². The van der Waals surface area contributed by atoms with Gasteiger partial charge in [-0.3, -0.25) is 9.59 Å². The summed E-state index contributed by atoms with van der Waals surface area (Å²) in [5.74, 6) is -0.919. The van der Waals surface area contributed by atoms with Crippen LogP contribution in [0.1, 0.15) is 16.7 Å². The van der Waals surface area contributed by atoms with Crippen LogP contribution in [0.5, 0.6) is 0 Å². The highest BCUT2D eigenvalue weighted by Gasteiger charge is 2.89. The quantitative estimate of drug-likeness (QED) is 0.371. The van der Waals surface area contributed by atoms with Crippen molar-refractivity contribution in [1.82, 2.24) is 0 Å². The van der Waals surface area contributed by atoms with Crippen molar-refractivity contribution in [2.75, 3.05) is 4.90 Å². The van der Waals surface area contributed by atoms with E-state index in [0.29, 0.717) is 10.7 Å². The maximum atomic E-state index is 14.4. The van der Waals surface area contributed by atoms with Gasteiger partial charge in [0.15, 0.2) is 0 Å². The number of halogens is 1. The van der Waals surface area contributed by atoms with Crippen molar-refractivity contribution in [1.29, 1.82) is 0 Å². The maximum Gasteiger partial charge on any atom is 0.246 e. The summed E-state index contributed by atoms with van der Waals surface area (Å²) in [6.45, 7) is 0. The summed E-state index contributed by atoms with van der Waals surface area (Å²) in [6.07, 6.45) is 0. The number of anilines is 1. The fraction of sp³-hybridized carbons (Fsp3) is 0.103. The van der Waals surface area contributed by atoms with E-state index in [9.17, 15) is 9.59 Å². The number of carbonyl (C=O) groups excluding carboxylic acids is 2. The Kier molecular flexibility index (Phi) is 4.33. The molecule has 33 heavy (non-hydrogen) atoms. The van der Waals surface area contributed by atoms with Gasteiger partial charge in [-0.1, -0.05) is 103 Å². The molecule has 3 nitrogen and oxygen atoms in total. The third kappa shape index (κ3) is 2.46. The minimum Gasteiger partial charge on any atom is -0.274 e. The molecule has 1 aliphatic carbocycles. The zero-order valence-electron chi connectivity index (χ0n) is 17.7. The third-order valence-electron chi connectivity index (χ3n) is 7.18. The highest BCUT2D eigenvalue weighted by molar-refractivity contribution is 6.33. The molecule has 2 fully saturated rings. The third-order valence-corrected chi connectivity index (χ3v) is 7.44. The fourth-order valence-corrected chi connectivity index (χ4v) is 6.08. The molecule has 0 radical (unpaired) electrons. The lowest BCUT2D eigenvalue weighted by Crippen LogP contribution is -2.44. The molecule has 4 aromatic carbocycles. The number of benzene rings is 4. The minimum absolute atomic E-state index is 0.182. The first-order valence-corrected chi connectivity index (χ1v) is 11.3. The van der Waals surface area contributed by atoms with Crippen molar-refractivity contribution in [3.05, 3.63) is 137 Å². The van der Waals surface area contributed by atoms with E-state index < -0.39 is 16.7 Å². The predicted molar refractivity (Wildman–Crippen MR) is 129 cm³/mol. The van der Waals surface area contributed by atoms with E-state index in [1.807, 2.05) is 91.0 Å². The summed E-state index contributed by atoms with van der Waals surface area (Å²) in [4.78, 5) is 29.8. The molecule has 6 rings (SSSR count). The second kappa shape index (κ2) is 7.16. The Balaban J connectivity index is 1.64. The molecule has 4 heteroatoms. The Morgan fingerprint density at radius 3 is 1.45 bits per heavy atom. The lowest BCUT2D eigenvalue weighted by molar-refractivity contribution is -0.124. The van der Waals surface area contributed by atoms with Crippen molar-refractivity contribution >= 4 is 29.1 Å². The van der Waals surface area contributed by atoms with E-state index in [2.05, 4.69) is 0 Å². The highest BCUT2D eigenvalue weighted by atomic mass is 35.5. The monoisotopic (exact) mass is 449 g/mol. The SMILES string of the molecule is O=C1[C@@H]2C(c3ccccc3)(c3ccccc3)[C@]2(c2ccccc2)C(=O)N1c1ccc(Cl)cc1. The molecule has 160 valence electrons. The Hall–Kier alpha value is -3.69. The molecular weight excluding hydrogens is 430 g/mol. The molecule has 0 spiro atoms. The summed E-state index contributed by atoms with van der Waals surface area (Å²) in [6, 6.07) is 36.5. The number of amides is 2. The number of hydrogen-bond donors (Lipinski definition) is 0. The average Bonchev–Trinajstić information content (AvgIpc) is 3.46. The van der Waals surface area contributed by atoms with Crippen LogP contribution in [0.15, 0.2) is 115 Å². The normalized spacial score (nSPS) is 22.8. The van der Waals surface area contributed by atoms with Gasteiger partial charge < -0.3 is 0 Å². The van der Waals surface area contributed by atoms with Crippen LogP contribution >= 0.6 is 11.6 Å². The van der Waals surface area contributed by atoms with Crippen LogP contribution in [0.3, 0.4) is 0 Å². The number of nitrogens with zero attached hydrogens (tertiary/aromatic N) is 1. The number of imide groups is 1. The van der Waals surface area contributed by atoms with Gasteiger partial charge in [0.25, 0.3) is 0 Å². The van der Waals surface area contributed by atoms with Gasteiger partial charge in [-0.05, 0) is 41.0 Å². The number of hydrogen-bond acceptors (Lipinski definition) is 2. The number of piperidine rings is 1. The van der Waals surface area contributed by atoms with Crippen molar-refractivity contribution < 1.29 is 9.59 Å². The molecule has 0 unspecified atom stereocenters. The van der Waals surface area contributed by atoms with Gasteiger partial charge in [-0.25, -0.2) is 4.90 Å². The van der Waals surface area contributed by atoms with Gasteiger partial charge in [-0.2, -0.15) is 0 Å². The van der Waals surface area contributed by atoms with Crippen LogP contribution in [0.2, 0.25) is 5.02 Å². The summed E-state index contributed by atoms with van der Waals surface area (Å²) < 4.78 is 0. The number of rotatable bonds is 4. The molecule has 2 amide bonds. The lowest BCUT2D eigenvalue weighted by Gasteiger charge is -2.31. The van der Waals surface area contributed by atoms with Gasteiger partial charge in [-0.15, -0.1) is 0 Å². The van der Waals surface area contributed by atoms with Gasteiger partial charge in [0.2, 0.25) is 11.8 Å². The van der Waals surface area contributed by atoms with Gasteiger partial charge in [0.1, 0.15) is 5.41 Å². The molecule has 2 atom stereocenters. The Bertz CT molecular complexity index is 1310. The zero-order chi connectivity index (χ0) is 22.6. The van der Waals surface area contributed by atoms with Crippen LogP contribution in [0.4, 0.5) is 5.69 Å². The highest BCUT2D eigenvalue weighted by Crippen LogP contribution is 2.77. The van der Waals surface area contributed by atoms with E-state index in [1.54, 1.807) is 24.3 Å². The Labute approximate surface area is 197 Å². The van der Waals surface area contributed by atoms with Crippen LogP contribution in [-0.2, 0) is 20.4 Å². The smallest absolute Gasteiger partial charge is 0.246 e. The molecule has 1 saturated carbocycles. The van der Waals surface area contributed by atoms with E-state index in [0.717, 1.165) is 16.7 Å². The van der Waals surface area contributed by atoms with E-state index >= 15 is 0 Å². The summed E-state index contributed by atoms with van der Waals surface area (Å²) in [7, 11) is 0. The lowest BCUT2D eigenvalue weighted by atomic mass is 9.76. The number of carbonyl (C=O) groups is 2. The molecule has 0 aromatic heterocycles. The van der Waals surface area contributed by atoms with Crippen LogP contribution < -0.4 is 4.90 Å². The van der Waals surface area contributed by atoms with E-state index in [4.69, 9.17) is 11.6 Å². The zero-order valence-corrected chi connectivity index (χ0v) is 18.4. The molecule has 1 aliphatic heterocycles. The van der Waals surface area contributed by atoms with E-state index in [-0.39, 0.29) is 11.8 Å². The topological polar surface area (TPSA) is 37.4 Å². The van der Waals surface area contributed by atoms with Crippen LogP contribution in [0.25, 0.3) is 0 Å². The molecule has 4 aromatic rings. The van der Waals surface area contributed by atoms with Gasteiger partial charge in [0, 0.05) is 5.02 Å². The Morgan fingerprint density at radius 1 is 0.576 bits per heavy atom. The second-order valence-corrected chi connectivity index (χ2v) is 9.04. The maximum absolute atomic E-state index is 14.4. The van der Waals surface area contributed by atoms with Crippen molar-refractivity contribution in [3.63, 3.8) is 0 Å². The van der Waals surface area contributed by atoms with Gasteiger partial charge in [0.05, 0.1) is 17.0 Å². The van der Waals surface area contributed by atoms with Crippen molar-refractivity contribution in [2.24, 2.45) is 5.92 Å². The summed E-state index contributed by atoms with van der Waals surface area (Å²) in [5, 5.41) is 0.559. The van der Waals surface area contributed by atoms with Gasteiger partial charge >= 0.3 is 0 Å².